The highest BCUT2D eigenvalue weighted by Crippen LogP contribution is 2.48. The SMILES string of the molecule is CNC(=O)C1c2cc(-c3cc(C(=O)NC4(c5cncnc5)CC4)ccc3C)ccc2OC1c1ccc(F)cc1. The van der Waals surface area contributed by atoms with Gasteiger partial charge in [0, 0.05) is 36.1 Å². The van der Waals surface area contributed by atoms with E-state index in [-0.39, 0.29) is 17.6 Å². The highest BCUT2D eigenvalue weighted by atomic mass is 19.1. The monoisotopic (exact) mass is 522 g/mol. The van der Waals surface area contributed by atoms with Crippen LogP contribution < -0.4 is 15.4 Å². The minimum Gasteiger partial charge on any atom is -0.484 e. The topological polar surface area (TPSA) is 93.2 Å². The lowest BCUT2D eigenvalue weighted by atomic mass is 9.88. The number of rotatable bonds is 6. The summed E-state index contributed by atoms with van der Waals surface area (Å²) in [5.41, 5.74) is 5.24. The molecule has 2 atom stereocenters. The molecule has 0 bridgehead atoms. The molecule has 3 aromatic carbocycles. The number of nitrogens with one attached hydrogen (secondary N) is 2. The molecule has 1 aliphatic carbocycles. The van der Waals surface area contributed by atoms with Gasteiger partial charge >= 0.3 is 0 Å². The van der Waals surface area contributed by atoms with Crippen molar-refractivity contribution < 1.29 is 18.7 Å². The number of aromatic nitrogens is 2. The number of aryl methyl sites for hydroxylation is 1. The number of fused-ring (bicyclic) bond motifs is 1. The summed E-state index contributed by atoms with van der Waals surface area (Å²) in [5, 5.41) is 5.92. The van der Waals surface area contributed by atoms with Crippen LogP contribution in [-0.2, 0) is 10.3 Å². The second-order valence-corrected chi connectivity index (χ2v) is 10.1. The molecule has 39 heavy (non-hydrogen) atoms. The van der Waals surface area contributed by atoms with Gasteiger partial charge in [-0.1, -0.05) is 24.3 Å². The highest BCUT2D eigenvalue weighted by molar-refractivity contribution is 5.96. The summed E-state index contributed by atoms with van der Waals surface area (Å²) in [7, 11) is 1.59. The number of ether oxygens (including phenoxy) is 1. The lowest BCUT2D eigenvalue weighted by molar-refractivity contribution is -0.123. The van der Waals surface area contributed by atoms with Gasteiger partial charge in [-0.3, -0.25) is 9.59 Å². The maximum atomic E-state index is 13.6. The van der Waals surface area contributed by atoms with Crippen LogP contribution in [0.3, 0.4) is 0 Å². The highest BCUT2D eigenvalue weighted by Gasteiger charge is 2.46. The van der Waals surface area contributed by atoms with Crippen LogP contribution in [0.25, 0.3) is 11.1 Å². The van der Waals surface area contributed by atoms with Crippen molar-refractivity contribution in [2.45, 2.75) is 37.3 Å². The number of amides is 2. The molecule has 2 aliphatic rings. The van der Waals surface area contributed by atoms with Crippen LogP contribution in [0.1, 0.15) is 57.5 Å². The summed E-state index contributed by atoms with van der Waals surface area (Å²) in [4.78, 5) is 34.5. The molecule has 2 N–H and O–H groups in total. The Labute approximate surface area is 225 Å². The third kappa shape index (κ3) is 4.52. The number of halogens is 1. The van der Waals surface area contributed by atoms with Gasteiger partial charge in [0.05, 0.1) is 5.54 Å². The van der Waals surface area contributed by atoms with E-state index in [0.29, 0.717) is 11.3 Å². The Balaban J connectivity index is 1.32. The van der Waals surface area contributed by atoms with Crippen molar-refractivity contribution in [1.29, 1.82) is 0 Å². The van der Waals surface area contributed by atoms with Crippen LogP contribution in [0.2, 0.25) is 0 Å². The van der Waals surface area contributed by atoms with Crippen molar-refractivity contribution in [3.8, 4) is 16.9 Å². The number of nitrogens with zero attached hydrogens (tertiary/aromatic N) is 2. The Morgan fingerprint density at radius 3 is 2.44 bits per heavy atom. The maximum absolute atomic E-state index is 13.6. The van der Waals surface area contributed by atoms with E-state index in [1.54, 1.807) is 31.6 Å². The zero-order valence-corrected chi connectivity index (χ0v) is 21.6. The lowest BCUT2D eigenvalue weighted by Gasteiger charge is -2.18. The number of hydrogen-bond acceptors (Lipinski definition) is 5. The van der Waals surface area contributed by atoms with Gasteiger partial charge < -0.3 is 15.4 Å². The van der Waals surface area contributed by atoms with E-state index in [0.717, 1.165) is 46.2 Å². The molecule has 4 aromatic rings. The lowest BCUT2D eigenvalue weighted by Crippen LogP contribution is -2.35. The van der Waals surface area contributed by atoms with Crippen molar-refractivity contribution >= 4 is 11.8 Å². The number of carbonyl (C=O) groups excluding carboxylic acids is 2. The van der Waals surface area contributed by atoms with Gasteiger partial charge in [-0.15, -0.1) is 0 Å². The smallest absolute Gasteiger partial charge is 0.251 e. The first-order valence-corrected chi connectivity index (χ1v) is 12.9. The molecule has 1 aliphatic heterocycles. The van der Waals surface area contributed by atoms with Gasteiger partial charge in [-0.05, 0) is 78.4 Å². The molecule has 196 valence electrons. The molecule has 2 unspecified atom stereocenters. The van der Waals surface area contributed by atoms with Crippen molar-refractivity contribution in [3.05, 3.63) is 113 Å². The number of carbonyl (C=O) groups is 2. The van der Waals surface area contributed by atoms with Gasteiger partial charge in [-0.25, -0.2) is 14.4 Å². The molecular formula is C31H27FN4O3. The van der Waals surface area contributed by atoms with Crippen molar-refractivity contribution in [2.75, 3.05) is 7.05 Å². The van der Waals surface area contributed by atoms with Gasteiger partial charge in [0.2, 0.25) is 5.91 Å². The largest absolute Gasteiger partial charge is 0.484 e. The third-order valence-corrected chi connectivity index (χ3v) is 7.66. The summed E-state index contributed by atoms with van der Waals surface area (Å²) >= 11 is 0. The van der Waals surface area contributed by atoms with E-state index in [1.165, 1.54) is 18.5 Å². The van der Waals surface area contributed by atoms with E-state index in [1.807, 2.05) is 43.3 Å². The van der Waals surface area contributed by atoms with Crippen molar-refractivity contribution in [2.24, 2.45) is 0 Å². The minimum absolute atomic E-state index is 0.165. The van der Waals surface area contributed by atoms with E-state index in [9.17, 15) is 14.0 Å². The summed E-state index contributed by atoms with van der Waals surface area (Å²) < 4.78 is 19.8. The van der Waals surface area contributed by atoms with Crippen LogP contribution in [0.4, 0.5) is 4.39 Å². The average molecular weight is 523 g/mol. The quantitative estimate of drug-likeness (QED) is 0.373. The molecule has 2 heterocycles. The van der Waals surface area contributed by atoms with E-state index in [4.69, 9.17) is 4.74 Å². The standard InChI is InChI=1S/C31H27FN4O3/c1-18-3-4-21(29(37)36-31(11-12-31)22-15-34-17-35-16-22)14-24(18)20-7-10-26-25(13-20)27(30(38)33-2)28(39-26)19-5-8-23(32)9-6-19/h3-10,13-17,27-28H,11-12H2,1-2H3,(H,33,38)(H,36,37). The van der Waals surface area contributed by atoms with Gasteiger partial charge in [0.1, 0.15) is 29.9 Å². The average Bonchev–Trinajstić information content (AvgIpc) is 3.65. The predicted molar refractivity (Wildman–Crippen MR) is 144 cm³/mol. The van der Waals surface area contributed by atoms with E-state index >= 15 is 0 Å². The molecule has 8 heteroatoms. The second kappa shape index (κ2) is 9.62. The fraction of sp³-hybridized carbons (Fsp3) is 0.226. The fourth-order valence-corrected chi connectivity index (χ4v) is 5.30. The molecule has 1 fully saturated rings. The first-order chi connectivity index (χ1) is 18.9. The Morgan fingerprint density at radius 2 is 1.74 bits per heavy atom. The summed E-state index contributed by atoms with van der Waals surface area (Å²) in [6.45, 7) is 1.99. The predicted octanol–water partition coefficient (Wildman–Crippen LogP) is 4.97. The number of hydrogen-bond donors (Lipinski definition) is 2. The van der Waals surface area contributed by atoms with Crippen LogP contribution in [0, 0.1) is 12.7 Å². The zero-order chi connectivity index (χ0) is 27.1. The molecule has 2 amide bonds. The van der Waals surface area contributed by atoms with Gasteiger partial charge in [-0.2, -0.15) is 0 Å². The van der Waals surface area contributed by atoms with Crippen LogP contribution in [0.5, 0.6) is 5.75 Å². The van der Waals surface area contributed by atoms with Crippen LogP contribution >= 0.6 is 0 Å². The molecule has 6 rings (SSSR count). The molecule has 1 saturated carbocycles. The summed E-state index contributed by atoms with van der Waals surface area (Å²) in [5.74, 6) is -0.706. The van der Waals surface area contributed by atoms with Gasteiger partial charge in [0.25, 0.3) is 5.91 Å². The van der Waals surface area contributed by atoms with Crippen molar-refractivity contribution in [1.82, 2.24) is 20.6 Å². The molecule has 0 spiro atoms. The van der Waals surface area contributed by atoms with Crippen LogP contribution in [-0.4, -0.2) is 28.8 Å². The molecule has 0 saturated heterocycles. The second-order valence-electron chi connectivity index (χ2n) is 10.1. The Morgan fingerprint density at radius 1 is 1.00 bits per heavy atom. The number of benzene rings is 3. The Bertz CT molecular complexity index is 1570. The van der Waals surface area contributed by atoms with Gasteiger partial charge in [0.15, 0.2) is 0 Å². The molecule has 0 radical (unpaired) electrons. The first kappa shape index (κ1) is 24.7. The molecule has 1 aromatic heterocycles. The maximum Gasteiger partial charge on any atom is 0.251 e. The Kier molecular flexibility index (Phi) is 6.10. The molecular weight excluding hydrogens is 495 g/mol. The third-order valence-electron chi connectivity index (χ3n) is 7.66. The fourth-order valence-electron chi connectivity index (χ4n) is 5.30. The van der Waals surface area contributed by atoms with Crippen LogP contribution in [0.15, 0.2) is 79.4 Å². The van der Waals surface area contributed by atoms with E-state index < -0.39 is 17.6 Å². The zero-order valence-electron chi connectivity index (χ0n) is 21.6. The summed E-state index contributed by atoms with van der Waals surface area (Å²) in [6, 6.07) is 17.4. The normalized spacial score (nSPS) is 18.5. The first-order valence-electron chi connectivity index (χ1n) is 12.9. The molecule has 7 nitrogen and oxygen atoms in total. The van der Waals surface area contributed by atoms with E-state index in [2.05, 4.69) is 20.6 Å². The minimum atomic E-state index is -0.606. The Hall–Kier alpha value is -4.59. The van der Waals surface area contributed by atoms with Crippen molar-refractivity contribution in [3.63, 3.8) is 0 Å². The summed E-state index contributed by atoms with van der Waals surface area (Å²) in [6.07, 6.45) is 6.07. The number of likely N-dealkylation sites (N-methyl/N-ethyl adjacent to an activating group) is 1.